The predicted molar refractivity (Wildman–Crippen MR) is 55.3 cm³/mol. The minimum absolute atomic E-state index is 0.0280. The summed E-state index contributed by atoms with van der Waals surface area (Å²) in [6, 6.07) is 2.52. The van der Waals surface area contributed by atoms with E-state index in [2.05, 4.69) is 4.72 Å². The fraction of sp³-hybridized carbons (Fsp3) is 0.333. The first-order chi connectivity index (χ1) is 6.92. The van der Waals surface area contributed by atoms with Crippen LogP contribution in [0.25, 0.3) is 0 Å². The van der Waals surface area contributed by atoms with Crippen LogP contribution >= 0.6 is 0 Å². The molecule has 0 saturated carbocycles. The first-order valence-electron chi connectivity index (χ1n) is 4.35. The molecule has 1 aromatic carbocycles. The van der Waals surface area contributed by atoms with Crippen LogP contribution in [0.15, 0.2) is 17.0 Å². The maximum atomic E-state index is 13.4. The van der Waals surface area contributed by atoms with E-state index in [9.17, 15) is 12.8 Å². The van der Waals surface area contributed by atoms with Crippen LogP contribution in [-0.4, -0.2) is 15.5 Å². The van der Waals surface area contributed by atoms with Crippen molar-refractivity contribution in [3.63, 3.8) is 0 Å². The zero-order chi connectivity index (χ0) is 11.6. The Balaban J connectivity index is 3.42. The molecule has 1 rings (SSSR count). The van der Waals surface area contributed by atoms with Crippen molar-refractivity contribution in [2.24, 2.45) is 5.73 Å². The van der Waals surface area contributed by atoms with Crippen molar-refractivity contribution in [2.45, 2.75) is 18.4 Å². The summed E-state index contributed by atoms with van der Waals surface area (Å²) < 4.78 is 38.5. The Morgan fingerprint density at radius 1 is 1.47 bits per heavy atom. The Morgan fingerprint density at radius 3 is 2.53 bits per heavy atom. The monoisotopic (exact) mass is 232 g/mol. The van der Waals surface area contributed by atoms with Crippen molar-refractivity contribution in [1.29, 1.82) is 0 Å². The average molecular weight is 232 g/mol. The lowest BCUT2D eigenvalue weighted by molar-refractivity contribution is 0.583. The third kappa shape index (κ3) is 2.34. The van der Waals surface area contributed by atoms with Gasteiger partial charge in [0, 0.05) is 12.1 Å². The number of sulfonamides is 1. The zero-order valence-corrected chi connectivity index (χ0v) is 9.36. The summed E-state index contributed by atoms with van der Waals surface area (Å²) in [4.78, 5) is 0.0318. The molecule has 84 valence electrons. The molecule has 15 heavy (non-hydrogen) atoms. The molecule has 0 radical (unpaired) electrons. The summed E-state index contributed by atoms with van der Waals surface area (Å²) in [6.45, 7) is 1.48. The maximum Gasteiger partial charge on any atom is 0.240 e. The highest BCUT2D eigenvalue weighted by molar-refractivity contribution is 7.89. The molecule has 0 aliphatic carbocycles. The molecule has 3 N–H and O–H groups in total. The number of hydrogen-bond acceptors (Lipinski definition) is 3. The molecule has 0 aromatic heterocycles. The fourth-order valence-corrected chi connectivity index (χ4v) is 2.09. The third-order valence-corrected chi connectivity index (χ3v) is 3.50. The molecule has 0 unspecified atom stereocenters. The van der Waals surface area contributed by atoms with Crippen molar-refractivity contribution in [2.75, 3.05) is 7.05 Å². The summed E-state index contributed by atoms with van der Waals surface area (Å²) in [6.07, 6.45) is 0. The zero-order valence-electron chi connectivity index (χ0n) is 8.54. The van der Waals surface area contributed by atoms with E-state index < -0.39 is 15.8 Å². The maximum absolute atomic E-state index is 13.4. The topological polar surface area (TPSA) is 72.2 Å². The molecule has 0 spiro atoms. The van der Waals surface area contributed by atoms with E-state index in [4.69, 9.17) is 5.73 Å². The Labute approximate surface area is 88.3 Å². The number of hydrogen-bond donors (Lipinski definition) is 2. The van der Waals surface area contributed by atoms with Crippen LogP contribution in [0, 0.1) is 12.7 Å². The highest BCUT2D eigenvalue weighted by atomic mass is 32.2. The van der Waals surface area contributed by atoms with Gasteiger partial charge < -0.3 is 5.73 Å². The van der Waals surface area contributed by atoms with Gasteiger partial charge in [-0.25, -0.2) is 17.5 Å². The second-order valence-corrected chi connectivity index (χ2v) is 5.01. The van der Waals surface area contributed by atoms with Crippen LogP contribution in [0.3, 0.4) is 0 Å². The summed E-state index contributed by atoms with van der Waals surface area (Å²) in [5.41, 5.74) is 5.79. The first-order valence-corrected chi connectivity index (χ1v) is 5.83. The Hall–Kier alpha value is -0.980. The van der Waals surface area contributed by atoms with Crippen LogP contribution < -0.4 is 10.5 Å². The molecule has 0 fully saturated rings. The fourth-order valence-electron chi connectivity index (χ4n) is 1.23. The van der Waals surface area contributed by atoms with Crippen molar-refractivity contribution < 1.29 is 12.8 Å². The standard InChI is InChI=1S/C9H13FN2O2S/c1-6-3-8(15(13,14)12-2)4-7(5-11)9(6)10/h3-4,12H,5,11H2,1-2H3. The number of benzene rings is 1. The van der Waals surface area contributed by atoms with E-state index in [1.54, 1.807) is 0 Å². The van der Waals surface area contributed by atoms with Gasteiger partial charge in [-0.1, -0.05) is 0 Å². The van der Waals surface area contributed by atoms with E-state index in [0.29, 0.717) is 0 Å². The summed E-state index contributed by atoms with van der Waals surface area (Å²) >= 11 is 0. The molecule has 0 atom stereocenters. The van der Waals surface area contributed by atoms with E-state index in [0.717, 1.165) is 0 Å². The van der Waals surface area contributed by atoms with Gasteiger partial charge in [0.15, 0.2) is 0 Å². The molecule has 0 heterocycles. The van der Waals surface area contributed by atoms with Gasteiger partial charge in [0.1, 0.15) is 5.82 Å². The minimum atomic E-state index is -3.54. The van der Waals surface area contributed by atoms with Crippen molar-refractivity contribution >= 4 is 10.0 Å². The molecule has 0 saturated heterocycles. The number of nitrogens with one attached hydrogen (secondary N) is 1. The molecular weight excluding hydrogens is 219 g/mol. The Kier molecular flexibility index (Phi) is 3.43. The van der Waals surface area contributed by atoms with Gasteiger partial charge in [-0.2, -0.15) is 0 Å². The highest BCUT2D eigenvalue weighted by Gasteiger charge is 2.15. The number of halogens is 1. The van der Waals surface area contributed by atoms with Gasteiger partial charge in [-0.3, -0.25) is 0 Å². The van der Waals surface area contributed by atoms with Crippen LogP contribution in [0.5, 0.6) is 0 Å². The predicted octanol–water partition coefficient (Wildman–Crippen LogP) is 0.501. The Morgan fingerprint density at radius 2 is 2.07 bits per heavy atom. The lowest BCUT2D eigenvalue weighted by atomic mass is 10.1. The molecule has 0 aliphatic heterocycles. The van der Waals surface area contributed by atoms with Gasteiger partial charge in [-0.05, 0) is 31.7 Å². The van der Waals surface area contributed by atoms with Crippen molar-refractivity contribution in [3.05, 3.63) is 29.1 Å². The first kappa shape index (κ1) is 12.1. The van der Waals surface area contributed by atoms with Crippen molar-refractivity contribution in [1.82, 2.24) is 4.72 Å². The average Bonchev–Trinajstić information content (AvgIpc) is 2.21. The van der Waals surface area contributed by atoms with E-state index >= 15 is 0 Å². The SMILES string of the molecule is CNS(=O)(=O)c1cc(C)c(F)c(CN)c1. The Bertz CT molecular complexity index is 471. The smallest absolute Gasteiger partial charge is 0.240 e. The number of aryl methyl sites for hydroxylation is 1. The third-order valence-electron chi connectivity index (χ3n) is 2.10. The van der Waals surface area contributed by atoms with E-state index in [1.165, 1.54) is 26.1 Å². The molecular formula is C9H13FN2O2S. The second-order valence-electron chi connectivity index (χ2n) is 3.12. The number of nitrogens with two attached hydrogens (primary N) is 1. The van der Waals surface area contributed by atoms with Crippen LogP contribution in [0.4, 0.5) is 4.39 Å². The highest BCUT2D eigenvalue weighted by Crippen LogP contribution is 2.18. The molecule has 0 amide bonds. The minimum Gasteiger partial charge on any atom is -0.326 e. The van der Waals surface area contributed by atoms with Crippen LogP contribution in [0.2, 0.25) is 0 Å². The van der Waals surface area contributed by atoms with Gasteiger partial charge in [0.05, 0.1) is 4.90 Å². The van der Waals surface area contributed by atoms with Crippen LogP contribution in [0.1, 0.15) is 11.1 Å². The summed E-state index contributed by atoms with van der Waals surface area (Å²) in [5.74, 6) is -0.451. The van der Waals surface area contributed by atoms with Crippen molar-refractivity contribution in [3.8, 4) is 0 Å². The summed E-state index contributed by atoms with van der Waals surface area (Å²) in [7, 11) is -2.24. The molecule has 1 aromatic rings. The van der Waals surface area contributed by atoms with Gasteiger partial charge in [-0.15, -0.1) is 0 Å². The molecule has 0 bridgehead atoms. The van der Waals surface area contributed by atoms with Gasteiger partial charge in [0.25, 0.3) is 0 Å². The van der Waals surface area contributed by atoms with E-state index in [1.807, 2.05) is 0 Å². The van der Waals surface area contributed by atoms with Gasteiger partial charge in [0.2, 0.25) is 10.0 Å². The van der Waals surface area contributed by atoms with Gasteiger partial charge >= 0.3 is 0 Å². The molecule has 4 nitrogen and oxygen atoms in total. The number of rotatable bonds is 3. The quantitative estimate of drug-likeness (QED) is 0.797. The molecule has 0 aliphatic rings. The lowest BCUT2D eigenvalue weighted by Gasteiger charge is -2.08. The lowest BCUT2D eigenvalue weighted by Crippen LogP contribution is -2.19. The molecule has 6 heteroatoms. The van der Waals surface area contributed by atoms with E-state index in [-0.39, 0.29) is 22.6 Å². The van der Waals surface area contributed by atoms with Crippen LogP contribution in [-0.2, 0) is 16.6 Å². The second kappa shape index (κ2) is 4.26. The largest absolute Gasteiger partial charge is 0.326 e. The normalized spacial score (nSPS) is 11.7. The summed E-state index contributed by atoms with van der Waals surface area (Å²) in [5, 5.41) is 0.